The van der Waals surface area contributed by atoms with E-state index in [1.807, 2.05) is 0 Å². The summed E-state index contributed by atoms with van der Waals surface area (Å²) in [5, 5.41) is 1.84. The molecule has 0 fully saturated rings. The Morgan fingerprint density at radius 3 is 2.59 bits per heavy atom. The van der Waals surface area contributed by atoms with Gasteiger partial charge in [0.25, 0.3) is 5.91 Å². The number of amides is 1. The molecule has 0 spiro atoms. The van der Waals surface area contributed by atoms with Crippen molar-refractivity contribution in [3.63, 3.8) is 0 Å². The average molecular weight is 582 g/mol. The second-order valence-electron chi connectivity index (χ2n) is 9.06. The van der Waals surface area contributed by atoms with Crippen LogP contribution in [0.25, 0.3) is 0 Å². The molecule has 2 aromatic carbocycles. The van der Waals surface area contributed by atoms with E-state index in [-0.39, 0.29) is 0 Å². The summed E-state index contributed by atoms with van der Waals surface area (Å²) in [6.07, 6.45) is -3.56. The molecule has 204 valence electrons. The van der Waals surface area contributed by atoms with Gasteiger partial charge in [0.2, 0.25) is 11.2 Å². The zero-order valence-electron chi connectivity index (χ0n) is 20.5. The molecule has 0 saturated heterocycles. The fourth-order valence-corrected chi connectivity index (χ4v) is 6.21. The third-order valence-corrected chi connectivity index (χ3v) is 8.25. The molecule has 0 radical (unpaired) electrons. The molecule has 13 heteroatoms. The molecule has 0 unspecified atom stereocenters. The van der Waals surface area contributed by atoms with Crippen molar-refractivity contribution in [2.24, 2.45) is 0 Å². The van der Waals surface area contributed by atoms with E-state index in [1.54, 1.807) is 18.2 Å². The van der Waals surface area contributed by atoms with Gasteiger partial charge < -0.3 is 9.64 Å². The van der Waals surface area contributed by atoms with Crippen LogP contribution in [0.5, 0.6) is 5.75 Å². The Bertz CT molecular complexity index is 1560. The fraction of sp³-hybridized carbons (Fsp3) is 0.269. The zero-order chi connectivity index (χ0) is 28.2. The Kier molecular flexibility index (Phi) is 6.88. The number of aromatic nitrogens is 1. The minimum atomic E-state index is -4.80. The molecule has 39 heavy (non-hydrogen) atoms. The Labute approximate surface area is 228 Å². The Morgan fingerprint density at radius 1 is 1.15 bits per heavy atom. The maximum Gasteiger partial charge on any atom is 0.408 e. The van der Waals surface area contributed by atoms with Crippen LogP contribution in [0.3, 0.4) is 0 Å². The first kappa shape index (κ1) is 27.1. The predicted octanol–water partition coefficient (Wildman–Crippen LogP) is 5.26. The lowest BCUT2D eigenvalue weighted by Crippen LogP contribution is -2.60. The van der Waals surface area contributed by atoms with E-state index in [0.29, 0.717) is 37.3 Å². The van der Waals surface area contributed by atoms with Gasteiger partial charge in [0, 0.05) is 29.8 Å². The van der Waals surface area contributed by atoms with Crippen LogP contribution in [-0.4, -0.2) is 40.3 Å². The van der Waals surface area contributed by atoms with Crippen LogP contribution in [0, 0.1) is 5.82 Å². The first-order valence-corrected chi connectivity index (χ1v) is 13.0. The van der Waals surface area contributed by atoms with Crippen molar-refractivity contribution in [2.45, 2.75) is 42.8 Å². The molecule has 5 rings (SSSR count). The van der Waals surface area contributed by atoms with Gasteiger partial charge in [-0.15, -0.1) is 11.8 Å². The second-order valence-corrected chi connectivity index (χ2v) is 10.5. The first-order chi connectivity index (χ1) is 18.4. The van der Waals surface area contributed by atoms with Crippen LogP contribution in [0.4, 0.5) is 17.6 Å². The maximum atomic E-state index is 14.3. The summed E-state index contributed by atoms with van der Waals surface area (Å²) >= 11 is 7.87. The van der Waals surface area contributed by atoms with E-state index >= 15 is 0 Å². The first-order valence-electron chi connectivity index (χ1n) is 11.7. The third-order valence-electron chi connectivity index (χ3n) is 6.62. The minimum Gasteiger partial charge on any atom is -0.420 e. The van der Waals surface area contributed by atoms with Crippen LogP contribution in [-0.2, 0) is 10.5 Å². The highest BCUT2D eigenvalue weighted by Gasteiger charge is 2.48. The normalized spacial score (nSPS) is 17.6. The number of nitrogens with zero attached hydrogens (tertiary/aromatic N) is 3. The van der Waals surface area contributed by atoms with Crippen LogP contribution in [0.1, 0.15) is 47.1 Å². The van der Waals surface area contributed by atoms with Gasteiger partial charge in [0.1, 0.15) is 18.5 Å². The molecule has 0 N–H and O–H groups in total. The molecule has 0 saturated carbocycles. The quantitative estimate of drug-likeness (QED) is 0.310. The lowest BCUT2D eigenvalue weighted by Gasteiger charge is -2.46. The lowest BCUT2D eigenvalue weighted by molar-refractivity contribution is -0.173. The van der Waals surface area contributed by atoms with Crippen molar-refractivity contribution in [1.82, 2.24) is 9.58 Å². The monoisotopic (exact) mass is 581 g/mol. The van der Waals surface area contributed by atoms with Crippen LogP contribution >= 0.6 is 23.4 Å². The minimum absolute atomic E-state index is 0.325. The summed E-state index contributed by atoms with van der Waals surface area (Å²) in [7, 11) is 0. The highest BCUT2D eigenvalue weighted by molar-refractivity contribution is 7.98. The summed E-state index contributed by atoms with van der Waals surface area (Å²) in [6, 6.07) is 7.16. The van der Waals surface area contributed by atoms with E-state index in [9.17, 15) is 31.9 Å². The molecule has 0 bridgehead atoms. The van der Waals surface area contributed by atoms with Crippen molar-refractivity contribution in [3.05, 3.63) is 92.1 Å². The number of alkyl halides is 3. The van der Waals surface area contributed by atoms with Gasteiger partial charge in [0.05, 0.1) is 11.1 Å². The molecule has 2 aliphatic heterocycles. The molecular weight excluding hydrogens is 562 g/mol. The number of rotatable bonds is 3. The largest absolute Gasteiger partial charge is 0.420 e. The molecular formula is C26H20ClF4N3O4S. The second kappa shape index (κ2) is 9.91. The summed E-state index contributed by atoms with van der Waals surface area (Å²) in [5.41, 5.74) is 0.355. The Morgan fingerprint density at radius 2 is 1.90 bits per heavy atom. The van der Waals surface area contributed by atoms with Gasteiger partial charge in [-0.05, 0) is 41.8 Å². The Hall–Kier alpha value is -3.51. The number of halogens is 5. The number of fused-ring (bicyclic) bond motifs is 3. The van der Waals surface area contributed by atoms with Crippen molar-refractivity contribution in [3.8, 4) is 5.75 Å². The number of ether oxygens (including phenoxy) is 1. The van der Waals surface area contributed by atoms with E-state index < -0.39 is 59.5 Å². The smallest absolute Gasteiger partial charge is 0.408 e. The standard InChI is InChI=1S/C26H20ClF4N3O4S/c1-13(26(29,30)31)32-12-34(33-9-8-20(36)23(38-14(2)35)22(33)25(32)37)21-17-7-6-16(28)10-15(17)11-39-24-18(21)4-3-5-19(24)27/h3-10,13,21H,11-12H2,1-2H3/t13-,21+/m1/s1. The van der Waals surface area contributed by atoms with Gasteiger partial charge in [-0.3, -0.25) is 24.1 Å². The highest BCUT2D eigenvalue weighted by Crippen LogP contribution is 2.46. The van der Waals surface area contributed by atoms with Gasteiger partial charge in [-0.1, -0.05) is 29.8 Å². The molecule has 1 amide bonds. The van der Waals surface area contributed by atoms with Crippen molar-refractivity contribution in [1.29, 1.82) is 0 Å². The predicted molar refractivity (Wildman–Crippen MR) is 136 cm³/mol. The summed E-state index contributed by atoms with van der Waals surface area (Å²) < 4.78 is 62.4. The van der Waals surface area contributed by atoms with Gasteiger partial charge in [-0.25, -0.2) is 4.39 Å². The third kappa shape index (κ3) is 4.76. The number of hydrogen-bond donors (Lipinski definition) is 0. The number of carbonyl (C=O) groups excluding carboxylic acids is 2. The number of hydrogen-bond acceptors (Lipinski definition) is 6. The van der Waals surface area contributed by atoms with Crippen LogP contribution in [0.2, 0.25) is 5.02 Å². The molecule has 1 aromatic heterocycles. The van der Waals surface area contributed by atoms with Gasteiger partial charge in [0.15, 0.2) is 5.69 Å². The molecule has 2 atom stereocenters. The molecule has 3 heterocycles. The number of benzene rings is 2. The summed E-state index contributed by atoms with van der Waals surface area (Å²) in [5.74, 6) is -2.92. The average Bonchev–Trinajstić information content (AvgIpc) is 3.02. The Balaban J connectivity index is 1.82. The van der Waals surface area contributed by atoms with E-state index in [0.717, 1.165) is 19.9 Å². The molecule has 7 nitrogen and oxygen atoms in total. The van der Waals surface area contributed by atoms with Gasteiger partial charge in [-0.2, -0.15) is 13.2 Å². The fourth-order valence-electron chi connectivity index (χ4n) is 4.76. The van der Waals surface area contributed by atoms with E-state index in [2.05, 4.69) is 0 Å². The number of pyridine rings is 1. The van der Waals surface area contributed by atoms with Crippen molar-refractivity contribution >= 4 is 35.2 Å². The topological polar surface area (TPSA) is 71.8 Å². The zero-order valence-corrected chi connectivity index (χ0v) is 22.0. The summed E-state index contributed by atoms with van der Waals surface area (Å²) in [6.45, 7) is 1.28. The van der Waals surface area contributed by atoms with E-state index in [4.69, 9.17) is 16.3 Å². The summed E-state index contributed by atoms with van der Waals surface area (Å²) in [4.78, 5) is 39.2. The number of carbonyl (C=O) groups is 2. The van der Waals surface area contributed by atoms with E-state index in [1.165, 1.54) is 45.8 Å². The molecule has 2 aliphatic rings. The number of thioether (sulfide) groups is 1. The van der Waals surface area contributed by atoms with Crippen molar-refractivity contribution < 1.29 is 31.9 Å². The van der Waals surface area contributed by atoms with Gasteiger partial charge >= 0.3 is 12.1 Å². The highest BCUT2D eigenvalue weighted by atomic mass is 35.5. The SMILES string of the molecule is CC(=O)Oc1c2n(ccc1=O)N([C@H]1c3ccc(F)cc3CSc3c(Cl)cccc31)CN([C@H](C)C(F)(F)F)C2=O. The van der Waals surface area contributed by atoms with Crippen molar-refractivity contribution in [2.75, 3.05) is 11.7 Å². The molecule has 3 aromatic rings. The lowest BCUT2D eigenvalue weighted by atomic mass is 9.94. The number of esters is 1. The van der Waals surface area contributed by atoms with Crippen LogP contribution in [0.15, 0.2) is 58.4 Å². The van der Waals surface area contributed by atoms with Crippen LogP contribution < -0.4 is 15.2 Å². The maximum absolute atomic E-state index is 14.3. The molecule has 0 aliphatic carbocycles.